The van der Waals surface area contributed by atoms with Gasteiger partial charge in [0.05, 0.1) is 41.5 Å². The summed E-state index contributed by atoms with van der Waals surface area (Å²) in [6.45, 7) is 0.662. The number of hydrogen-bond acceptors (Lipinski definition) is 8. The van der Waals surface area contributed by atoms with E-state index in [-0.39, 0.29) is 28.0 Å². The molecule has 9 heteroatoms. The molecule has 2 rings (SSSR count). The van der Waals surface area contributed by atoms with Crippen LogP contribution in [0.15, 0.2) is 34.3 Å². The number of rotatable bonds is 9. The number of methoxy groups -OCH3 is 4. The van der Waals surface area contributed by atoms with Gasteiger partial charge in [0.1, 0.15) is 23.0 Å². The first kappa shape index (κ1) is 24.1. The minimum atomic E-state index is -0.248. The second-order valence-electron chi connectivity index (χ2n) is 5.55. The van der Waals surface area contributed by atoms with Crippen LogP contribution in [0.2, 0.25) is 0 Å². The van der Waals surface area contributed by atoms with Gasteiger partial charge in [-0.25, -0.2) is 0 Å². The fraction of sp³-hybridized carbons (Fsp3) is 0.300. The van der Waals surface area contributed by atoms with Gasteiger partial charge < -0.3 is 29.2 Å². The maximum atomic E-state index is 12.1. The normalized spacial score (nSPS) is 10.8. The molecule has 0 aromatic heterocycles. The molecule has 0 aliphatic carbocycles. The molecule has 8 nitrogen and oxygen atoms in total. The molecule has 0 fully saturated rings. The Morgan fingerprint density at radius 2 is 1.07 bits per heavy atom. The van der Waals surface area contributed by atoms with Crippen molar-refractivity contribution in [1.29, 1.82) is 0 Å². The summed E-state index contributed by atoms with van der Waals surface area (Å²) in [7, 11) is 5.90. The minimum absolute atomic E-state index is 0. The zero-order valence-electron chi connectivity index (χ0n) is 16.5. The SMILES string of the molecule is COc1cc([O-])c(C=NCCN=Cc2c([O-])cc(OC)cc2OC)c(OC)c1.[Ni+2]. The Balaban J connectivity index is 0.00000420. The summed E-state index contributed by atoms with van der Waals surface area (Å²) in [5.41, 5.74) is 0.678. The molecule has 0 radical (unpaired) electrons. The third-order valence-electron chi connectivity index (χ3n) is 3.87. The molecule has 0 saturated heterocycles. The van der Waals surface area contributed by atoms with Gasteiger partial charge in [-0.3, -0.25) is 9.98 Å². The van der Waals surface area contributed by atoms with E-state index in [0.29, 0.717) is 47.2 Å². The molecule has 0 amide bonds. The third-order valence-corrected chi connectivity index (χ3v) is 3.87. The van der Waals surface area contributed by atoms with Crippen LogP contribution in [0.1, 0.15) is 11.1 Å². The van der Waals surface area contributed by atoms with E-state index in [1.165, 1.54) is 53.0 Å². The monoisotopic (exact) mass is 444 g/mol. The molecule has 0 aliphatic heterocycles. The van der Waals surface area contributed by atoms with Crippen molar-refractivity contribution in [2.75, 3.05) is 41.5 Å². The molecule has 158 valence electrons. The van der Waals surface area contributed by atoms with Gasteiger partial charge >= 0.3 is 16.5 Å². The van der Waals surface area contributed by atoms with Crippen molar-refractivity contribution in [2.24, 2.45) is 9.98 Å². The largest absolute Gasteiger partial charge is 2.00 e. The van der Waals surface area contributed by atoms with Gasteiger partial charge in [0.25, 0.3) is 0 Å². The Labute approximate surface area is 179 Å². The van der Waals surface area contributed by atoms with Crippen molar-refractivity contribution < 1.29 is 45.7 Å². The molecule has 0 atom stereocenters. The minimum Gasteiger partial charge on any atom is -0.872 e. The molecule has 0 aliphatic rings. The molecule has 0 unspecified atom stereocenters. The second kappa shape index (κ2) is 11.8. The van der Waals surface area contributed by atoms with E-state index in [1.54, 1.807) is 12.1 Å². The standard InChI is InChI=1S/C20H24N2O6.Ni/c1-25-13-7-17(23)15(19(9-13)27-3)11-21-5-6-22-12-16-18(24)8-14(26-2)10-20(16)28-4;/h7-12,23-24H,5-6H2,1-4H3;/q;+2/p-2. The second-order valence-corrected chi connectivity index (χ2v) is 5.55. The maximum Gasteiger partial charge on any atom is 2.00 e. The summed E-state index contributed by atoms with van der Waals surface area (Å²) in [5.74, 6) is 1.12. The fourth-order valence-corrected chi connectivity index (χ4v) is 2.41. The quantitative estimate of drug-likeness (QED) is 0.328. The van der Waals surface area contributed by atoms with E-state index in [2.05, 4.69) is 9.98 Å². The van der Waals surface area contributed by atoms with Crippen molar-refractivity contribution in [2.45, 2.75) is 0 Å². The van der Waals surface area contributed by atoms with Gasteiger partial charge in [-0.1, -0.05) is 11.5 Å². The van der Waals surface area contributed by atoms with Crippen molar-refractivity contribution in [3.8, 4) is 34.5 Å². The maximum absolute atomic E-state index is 12.1. The van der Waals surface area contributed by atoms with Gasteiger partial charge in [0, 0.05) is 35.7 Å². The van der Waals surface area contributed by atoms with Crippen molar-refractivity contribution >= 4 is 12.4 Å². The van der Waals surface area contributed by atoms with Crippen LogP contribution in [0.3, 0.4) is 0 Å². The number of benzene rings is 2. The van der Waals surface area contributed by atoms with E-state index in [0.717, 1.165) is 0 Å². The van der Waals surface area contributed by atoms with Crippen LogP contribution in [-0.4, -0.2) is 54.0 Å². The average Bonchev–Trinajstić information content (AvgIpc) is 2.71. The Morgan fingerprint density at radius 3 is 1.38 bits per heavy atom. The number of nitrogens with zero attached hydrogens (tertiary/aromatic N) is 2. The van der Waals surface area contributed by atoms with Gasteiger partial charge in [-0.05, 0) is 12.1 Å². The van der Waals surface area contributed by atoms with Crippen LogP contribution in [-0.2, 0) is 16.5 Å². The van der Waals surface area contributed by atoms with Crippen LogP contribution >= 0.6 is 0 Å². The molecular formula is C20H22N2NiO6. The molecule has 2 aromatic rings. The summed E-state index contributed by atoms with van der Waals surface area (Å²) in [6, 6.07) is 5.97. The van der Waals surface area contributed by atoms with Gasteiger partial charge in [-0.2, -0.15) is 0 Å². The molecule has 29 heavy (non-hydrogen) atoms. The summed E-state index contributed by atoms with van der Waals surface area (Å²) in [6.07, 6.45) is 2.90. The molecule has 0 spiro atoms. The number of aliphatic imine (C=N–C) groups is 2. The van der Waals surface area contributed by atoms with Crippen LogP contribution < -0.4 is 29.2 Å². The first-order chi connectivity index (χ1) is 13.5. The van der Waals surface area contributed by atoms with Gasteiger partial charge in [0.2, 0.25) is 0 Å². The van der Waals surface area contributed by atoms with Crippen molar-refractivity contribution in [1.82, 2.24) is 0 Å². The zero-order chi connectivity index (χ0) is 20.5. The van der Waals surface area contributed by atoms with Crippen LogP contribution in [0.4, 0.5) is 0 Å². The molecule has 0 bridgehead atoms. The Hall–Kier alpha value is -2.93. The summed E-state index contributed by atoms with van der Waals surface area (Å²) < 4.78 is 20.5. The Morgan fingerprint density at radius 1 is 0.690 bits per heavy atom. The van der Waals surface area contributed by atoms with Gasteiger partial charge in [-0.15, -0.1) is 0 Å². The van der Waals surface area contributed by atoms with Crippen LogP contribution in [0.25, 0.3) is 0 Å². The van der Waals surface area contributed by atoms with E-state index in [1.807, 2.05) is 0 Å². The zero-order valence-corrected chi connectivity index (χ0v) is 17.5. The molecule has 2 aromatic carbocycles. The Bertz CT molecular complexity index is 799. The molecule has 0 saturated carbocycles. The van der Waals surface area contributed by atoms with E-state index < -0.39 is 0 Å². The Kier molecular flexibility index (Phi) is 9.82. The molecule has 0 N–H and O–H groups in total. The summed E-state index contributed by atoms with van der Waals surface area (Å²) >= 11 is 0. The predicted molar refractivity (Wildman–Crippen MR) is 103 cm³/mol. The van der Waals surface area contributed by atoms with Crippen LogP contribution in [0.5, 0.6) is 34.5 Å². The smallest absolute Gasteiger partial charge is 0.872 e. The fourth-order valence-electron chi connectivity index (χ4n) is 2.41. The summed E-state index contributed by atoms with van der Waals surface area (Å²) in [5, 5.41) is 24.2. The predicted octanol–water partition coefficient (Wildman–Crippen LogP) is 1.40. The molecule has 0 heterocycles. The van der Waals surface area contributed by atoms with E-state index in [4.69, 9.17) is 18.9 Å². The average molecular weight is 445 g/mol. The van der Waals surface area contributed by atoms with Crippen molar-refractivity contribution in [3.05, 3.63) is 35.4 Å². The number of hydrogen-bond donors (Lipinski definition) is 0. The first-order valence-corrected chi connectivity index (χ1v) is 8.39. The first-order valence-electron chi connectivity index (χ1n) is 8.39. The van der Waals surface area contributed by atoms with E-state index >= 15 is 0 Å². The van der Waals surface area contributed by atoms with E-state index in [9.17, 15) is 10.2 Å². The summed E-state index contributed by atoms with van der Waals surface area (Å²) in [4.78, 5) is 8.40. The van der Waals surface area contributed by atoms with Gasteiger partial charge in [0.15, 0.2) is 0 Å². The number of ether oxygens (including phenoxy) is 4. The topological polar surface area (TPSA) is 108 Å². The molecular weight excluding hydrogens is 423 g/mol. The van der Waals surface area contributed by atoms with Crippen LogP contribution in [0, 0.1) is 0 Å². The third kappa shape index (κ3) is 6.29. The van der Waals surface area contributed by atoms with Crippen molar-refractivity contribution in [3.63, 3.8) is 0 Å².